The van der Waals surface area contributed by atoms with Gasteiger partial charge < -0.3 is 15.5 Å². The quantitative estimate of drug-likeness (QED) is 0.791. The molecule has 4 nitrogen and oxygen atoms in total. The van der Waals surface area contributed by atoms with Crippen LogP contribution in [0.15, 0.2) is 0 Å². The molecule has 17 heavy (non-hydrogen) atoms. The molecule has 3 atom stereocenters. The predicted octanol–water partition coefficient (Wildman–Crippen LogP) is 0.768. The van der Waals surface area contributed by atoms with Crippen LogP contribution in [0.3, 0.4) is 0 Å². The summed E-state index contributed by atoms with van der Waals surface area (Å²) in [7, 11) is 4.16. The summed E-state index contributed by atoms with van der Waals surface area (Å²) in [6, 6.07) is 0.463. The molecule has 0 radical (unpaired) electrons. The minimum Gasteiger partial charge on any atom is -0.341 e. The Morgan fingerprint density at radius 1 is 1.41 bits per heavy atom. The second-order valence-electron chi connectivity index (χ2n) is 5.92. The molecule has 1 aliphatic rings. The first-order valence-corrected chi connectivity index (χ1v) is 6.52. The Balaban J connectivity index is 2.50. The molecule has 0 aromatic carbocycles. The molecule has 0 spiro atoms. The molecule has 1 saturated heterocycles. The van der Waals surface area contributed by atoms with Crippen LogP contribution in [0.5, 0.6) is 0 Å². The number of carbonyl (C=O) groups excluding carboxylic acids is 1. The van der Waals surface area contributed by atoms with Gasteiger partial charge in [-0.1, -0.05) is 20.8 Å². The highest BCUT2D eigenvalue weighted by atomic mass is 16.2. The van der Waals surface area contributed by atoms with Crippen LogP contribution in [0.4, 0.5) is 0 Å². The monoisotopic (exact) mass is 241 g/mol. The van der Waals surface area contributed by atoms with Crippen molar-refractivity contribution in [2.24, 2.45) is 17.6 Å². The fraction of sp³-hybridized carbons (Fsp3) is 0.923. The topological polar surface area (TPSA) is 49.6 Å². The van der Waals surface area contributed by atoms with E-state index < -0.39 is 0 Å². The largest absolute Gasteiger partial charge is 0.341 e. The van der Waals surface area contributed by atoms with Gasteiger partial charge in [-0.3, -0.25) is 4.79 Å². The minimum atomic E-state index is -0.0174. The van der Waals surface area contributed by atoms with E-state index in [1.54, 1.807) is 0 Å². The molecular weight excluding hydrogens is 214 g/mol. The van der Waals surface area contributed by atoms with Crippen molar-refractivity contribution in [2.45, 2.75) is 39.3 Å². The molecule has 0 aliphatic carbocycles. The van der Waals surface area contributed by atoms with Crippen molar-refractivity contribution in [3.8, 4) is 0 Å². The lowest BCUT2D eigenvalue weighted by Crippen LogP contribution is -2.39. The van der Waals surface area contributed by atoms with Crippen molar-refractivity contribution in [1.82, 2.24) is 9.80 Å². The Morgan fingerprint density at radius 2 is 2.00 bits per heavy atom. The summed E-state index contributed by atoms with van der Waals surface area (Å²) in [6.45, 7) is 8.05. The van der Waals surface area contributed by atoms with Crippen LogP contribution in [0, 0.1) is 11.8 Å². The minimum absolute atomic E-state index is 0.0174. The van der Waals surface area contributed by atoms with Gasteiger partial charge in [0.25, 0.3) is 0 Å². The van der Waals surface area contributed by atoms with Gasteiger partial charge in [0.1, 0.15) is 0 Å². The Labute approximate surface area is 105 Å². The normalized spacial score (nSPS) is 26.9. The number of likely N-dealkylation sites (tertiary alicyclic amines) is 1. The van der Waals surface area contributed by atoms with Crippen LogP contribution in [0.2, 0.25) is 0 Å². The number of amides is 1. The van der Waals surface area contributed by atoms with E-state index in [1.165, 1.54) is 0 Å². The first-order chi connectivity index (χ1) is 7.82. The Morgan fingerprint density at radius 3 is 2.41 bits per heavy atom. The molecule has 0 aromatic rings. The molecule has 2 N–H and O–H groups in total. The smallest absolute Gasteiger partial charge is 0.224 e. The van der Waals surface area contributed by atoms with Gasteiger partial charge in [-0.15, -0.1) is 0 Å². The van der Waals surface area contributed by atoms with E-state index in [2.05, 4.69) is 39.8 Å². The number of carbonyl (C=O) groups is 1. The average molecular weight is 241 g/mol. The van der Waals surface area contributed by atoms with Crippen LogP contribution in [-0.2, 0) is 4.79 Å². The maximum Gasteiger partial charge on any atom is 0.224 e. The summed E-state index contributed by atoms with van der Waals surface area (Å²) in [6.07, 6.45) is 0.477. The fourth-order valence-corrected chi connectivity index (χ4v) is 2.39. The zero-order valence-corrected chi connectivity index (χ0v) is 11.8. The highest BCUT2D eigenvalue weighted by molar-refractivity contribution is 5.77. The van der Waals surface area contributed by atoms with Gasteiger partial charge >= 0.3 is 0 Å². The van der Waals surface area contributed by atoms with E-state index in [4.69, 9.17) is 5.73 Å². The lowest BCUT2D eigenvalue weighted by Gasteiger charge is -2.23. The summed E-state index contributed by atoms with van der Waals surface area (Å²) in [5, 5.41) is 0. The van der Waals surface area contributed by atoms with Gasteiger partial charge in [0, 0.05) is 31.6 Å². The molecular formula is C13H27N3O. The van der Waals surface area contributed by atoms with E-state index in [-0.39, 0.29) is 11.9 Å². The van der Waals surface area contributed by atoms with Crippen molar-refractivity contribution in [1.29, 1.82) is 0 Å². The van der Waals surface area contributed by atoms with Gasteiger partial charge in [0.2, 0.25) is 5.91 Å². The second-order valence-corrected chi connectivity index (χ2v) is 5.92. The summed E-state index contributed by atoms with van der Waals surface area (Å²) < 4.78 is 0. The van der Waals surface area contributed by atoms with Gasteiger partial charge in [-0.05, 0) is 25.9 Å². The van der Waals surface area contributed by atoms with Gasteiger partial charge in [-0.2, -0.15) is 0 Å². The first-order valence-electron chi connectivity index (χ1n) is 6.52. The number of hydrogen-bond acceptors (Lipinski definition) is 3. The van der Waals surface area contributed by atoms with Crippen LogP contribution >= 0.6 is 0 Å². The molecule has 4 heteroatoms. The molecule has 3 unspecified atom stereocenters. The third kappa shape index (κ3) is 3.68. The van der Waals surface area contributed by atoms with Gasteiger partial charge in [-0.25, -0.2) is 0 Å². The Kier molecular flexibility index (Phi) is 4.95. The molecule has 1 rings (SSSR count). The number of hydrogen-bond donors (Lipinski definition) is 1. The van der Waals surface area contributed by atoms with E-state index >= 15 is 0 Å². The summed E-state index contributed by atoms with van der Waals surface area (Å²) >= 11 is 0. The van der Waals surface area contributed by atoms with Gasteiger partial charge in [0.05, 0.1) is 0 Å². The molecule has 0 bridgehead atoms. The molecule has 1 amide bonds. The van der Waals surface area contributed by atoms with E-state index in [0.717, 1.165) is 13.1 Å². The summed E-state index contributed by atoms with van der Waals surface area (Å²) in [5.74, 6) is 1.12. The van der Waals surface area contributed by atoms with Crippen molar-refractivity contribution in [3.05, 3.63) is 0 Å². The Hall–Kier alpha value is -0.610. The van der Waals surface area contributed by atoms with E-state index in [0.29, 0.717) is 24.3 Å². The van der Waals surface area contributed by atoms with Crippen LogP contribution in [0.1, 0.15) is 27.2 Å². The van der Waals surface area contributed by atoms with Crippen LogP contribution in [-0.4, -0.2) is 55.0 Å². The molecule has 100 valence electrons. The first kappa shape index (κ1) is 14.5. The number of nitrogens with zero attached hydrogens (tertiary/aromatic N) is 2. The summed E-state index contributed by atoms with van der Waals surface area (Å²) in [4.78, 5) is 16.3. The predicted molar refractivity (Wildman–Crippen MR) is 70.6 cm³/mol. The second kappa shape index (κ2) is 5.83. The van der Waals surface area contributed by atoms with Crippen LogP contribution < -0.4 is 5.73 Å². The highest BCUT2D eigenvalue weighted by Gasteiger charge is 2.33. The Bertz CT molecular complexity index is 265. The average Bonchev–Trinajstić information content (AvgIpc) is 2.60. The summed E-state index contributed by atoms with van der Waals surface area (Å²) in [5.41, 5.74) is 5.96. The van der Waals surface area contributed by atoms with Crippen molar-refractivity contribution in [2.75, 3.05) is 27.2 Å². The SMILES string of the molecule is CC(C)C(N)CC(=O)N1CC(C)C(N(C)C)C1. The maximum absolute atomic E-state index is 12.1. The molecule has 0 saturated carbocycles. The third-order valence-electron chi connectivity index (χ3n) is 3.86. The highest BCUT2D eigenvalue weighted by Crippen LogP contribution is 2.21. The standard InChI is InChI=1S/C13H27N3O/c1-9(2)11(14)6-13(17)16-7-10(3)12(8-16)15(4)5/h9-12H,6-8,14H2,1-5H3. The molecule has 1 heterocycles. The van der Waals surface area contributed by atoms with Crippen LogP contribution in [0.25, 0.3) is 0 Å². The maximum atomic E-state index is 12.1. The molecule has 1 fully saturated rings. The fourth-order valence-electron chi connectivity index (χ4n) is 2.39. The van der Waals surface area contributed by atoms with Crippen molar-refractivity contribution in [3.63, 3.8) is 0 Å². The van der Waals surface area contributed by atoms with E-state index in [9.17, 15) is 4.79 Å². The lowest BCUT2D eigenvalue weighted by molar-refractivity contribution is -0.131. The number of likely N-dealkylation sites (N-methyl/N-ethyl adjacent to an activating group) is 1. The third-order valence-corrected chi connectivity index (χ3v) is 3.86. The molecule has 0 aromatic heterocycles. The number of nitrogens with two attached hydrogens (primary N) is 1. The van der Waals surface area contributed by atoms with E-state index in [1.807, 2.05) is 4.90 Å². The number of rotatable bonds is 4. The zero-order chi connectivity index (χ0) is 13.2. The lowest BCUT2D eigenvalue weighted by atomic mass is 10.0. The van der Waals surface area contributed by atoms with Gasteiger partial charge in [0.15, 0.2) is 0 Å². The van der Waals surface area contributed by atoms with Crippen molar-refractivity contribution < 1.29 is 4.79 Å². The van der Waals surface area contributed by atoms with Crippen molar-refractivity contribution >= 4 is 5.91 Å². The molecule has 1 aliphatic heterocycles. The zero-order valence-electron chi connectivity index (χ0n) is 11.8.